The van der Waals surface area contributed by atoms with E-state index in [0.717, 1.165) is 17.7 Å². The van der Waals surface area contributed by atoms with Gasteiger partial charge < -0.3 is 14.3 Å². The topological polar surface area (TPSA) is 106 Å². The third-order valence-electron chi connectivity index (χ3n) is 5.12. The van der Waals surface area contributed by atoms with Gasteiger partial charge in [0.2, 0.25) is 0 Å². The average Bonchev–Trinajstić information content (AvgIpc) is 3.19. The lowest BCUT2D eigenvalue weighted by Gasteiger charge is -2.13. The Labute approximate surface area is 192 Å². The highest BCUT2D eigenvalue weighted by Gasteiger charge is 2.25. The number of aryl methyl sites for hydroxylation is 1. The third kappa shape index (κ3) is 7.09. The van der Waals surface area contributed by atoms with Crippen molar-refractivity contribution in [3.05, 3.63) is 62.0 Å². The Morgan fingerprint density at radius 3 is 2.66 bits per heavy atom. The van der Waals surface area contributed by atoms with E-state index in [1.165, 1.54) is 24.3 Å². The van der Waals surface area contributed by atoms with E-state index in [0.29, 0.717) is 25.0 Å². The van der Waals surface area contributed by atoms with Crippen molar-refractivity contribution < 1.29 is 23.8 Å². The van der Waals surface area contributed by atoms with E-state index in [1.54, 1.807) is 24.3 Å². The summed E-state index contributed by atoms with van der Waals surface area (Å²) in [5.41, 5.74) is -1.11. The number of alkyl carbamates (subject to hydrolysis) is 1. The van der Waals surface area contributed by atoms with Gasteiger partial charge in [0.1, 0.15) is 17.1 Å². The summed E-state index contributed by atoms with van der Waals surface area (Å²) in [6, 6.07) is 5.44. The summed E-state index contributed by atoms with van der Waals surface area (Å²) in [6.45, 7) is 5.73. The van der Waals surface area contributed by atoms with Crippen molar-refractivity contribution in [1.29, 1.82) is 0 Å². The summed E-state index contributed by atoms with van der Waals surface area (Å²) in [6.07, 6.45) is 6.48. The van der Waals surface area contributed by atoms with Crippen LogP contribution in [0.4, 0.5) is 4.79 Å². The first-order valence-electron chi connectivity index (χ1n) is 10.7. The van der Waals surface area contributed by atoms with Crippen LogP contribution in [0.15, 0.2) is 39.7 Å². The van der Waals surface area contributed by atoms with Crippen LogP contribution in [0, 0.1) is 5.92 Å². The number of ether oxygens (including phenoxy) is 1. The van der Waals surface area contributed by atoms with Gasteiger partial charge in [-0.3, -0.25) is 10.1 Å². The first-order valence-corrected chi connectivity index (χ1v) is 11.6. The number of rotatable bonds is 11. The van der Waals surface area contributed by atoms with E-state index in [9.17, 15) is 19.5 Å². The molecule has 0 aromatic carbocycles. The highest BCUT2D eigenvalue weighted by atomic mass is 32.1. The molecule has 0 spiro atoms. The number of nitrogens with one attached hydrogen (secondary N) is 1. The van der Waals surface area contributed by atoms with Crippen LogP contribution < -0.4 is 10.9 Å². The highest BCUT2D eigenvalue weighted by molar-refractivity contribution is 7.12. The fourth-order valence-electron chi connectivity index (χ4n) is 3.28. The van der Waals surface area contributed by atoms with Crippen molar-refractivity contribution in [3.8, 4) is 5.75 Å². The molecule has 2 aromatic heterocycles. The van der Waals surface area contributed by atoms with Gasteiger partial charge in [0.15, 0.2) is 5.78 Å². The summed E-state index contributed by atoms with van der Waals surface area (Å²) >= 11 is 1.67. The van der Waals surface area contributed by atoms with Gasteiger partial charge >= 0.3 is 11.7 Å². The van der Waals surface area contributed by atoms with Crippen LogP contribution in [-0.4, -0.2) is 24.1 Å². The smallest absolute Gasteiger partial charge is 0.410 e. The zero-order valence-electron chi connectivity index (χ0n) is 19.0. The van der Waals surface area contributed by atoms with Crippen molar-refractivity contribution in [2.45, 2.75) is 58.8 Å². The van der Waals surface area contributed by atoms with Crippen LogP contribution >= 0.6 is 11.3 Å². The van der Waals surface area contributed by atoms with E-state index < -0.39 is 23.4 Å². The van der Waals surface area contributed by atoms with Gasteiger partial charge in [0.25, 0.3) is 0 Å². The number of amides is 1. The second kappa shape index (κ2) is 12.2. The molecule has 2 N–H and O–H groups in total. The highest BCUT2D eigenvalue weighted by Crippen LogP contribution is 2.27. The second-order valence-electron chi connectivity index (χ2n) is 7.80. The largest absolute Gasteiger partial charge is 0.507 e. The minimum absolute atomic E-state index is 0.166. The van der Waals surface area contributed by atoms with Crippen molar-refractivity contribution >= 4 is 23.2 Å². The summed E-state index contributed by atoms with van der Waals surface area (Å²) in [7, 11) is 1.28. The van der Waals surface area contributed by atoms with E-state index >= 15 is 0 Å². The number of Topliss-reactive ketones (excluding diaryl/α,β-unsaturated/α-hetero) is 1. The fraction of sp³-hybridized carbons (Fsp3) is 0.458. The molecule has 0 aliphatic carbocycles. The van der Waals surface area contributed by atoms with Crippen LogP contribution in [-0.2, 0) is 17.6 Å². The molecule has 174 valence electrons. The molecule has 8 heteroatoms. The lowest BCUT2D eigenvalue weighted by Crippen LogP contribution is -2.22. The van der Waals surface area contributed by atoms with Crippen LogP contribution in [0.2, 0.25) is 0 Å². The van der Waals surface area contributed by atoms with E-state index in [1.807, 2.05) is 13.0 Å². The molecule has 32 heavy (non-hydrogen) atoms. The molecular weight excluding hydrogens is 430 g/mol. The maximum atomic E-state index is 12.9. The predicted octanol–water partition coefficient (Wildman–Crippen LogP) is 5.17. The molecule has 2 atom stereocenters. The number of carbonyl (C=O) groups excluding carboxylic acids is 2. The molecule has 7 nitrogen and oxygen atoms in total. The van der Waals surface area contributed by atoms with Crippen molar-refractivity contribution in [2.24, 2.45) is 5.92 Å². The number of carbonyl (C=O) groups is 2. The standard InChI is InChI=1S/C24H31NO6S/c1-5-8-17-10-11-18(32-17)13-16(3)22(27)21-19(26)14-20(31-23(21)28)15(2)9-6-7-12-25-24(29)30-4/h7,10-12,14-16,26H,5-6,8-9,13H2,1-4H3,(H,25,29)/b12-7+/t15?,16-/m0/s1. The van der Waals surface area contributed by atoms with Crippen LogP contribution in [0.5, 0.6) is 5.75 Å². The van der Waals surface area contributed by atoms with Crippen LogP contribution in [0.3, 0.4) is 0 Å². The molecule has 0 bridgehead atoms. The lowest BCUT2D eigenvalue weighted by molar-refractivity contribution is 0.0922. The van der Waals surface area contributed by atoms with Gasteiger partial charge in [-0.15, -0.1) is 11.3 Å². The zero-order chi connectivity index (χ0) is 23.7. The number of hydrogen-bond donors (Lipinski definition) is 2. The Bertz CT molecular complexity index is 1010. The van der Waals surface area contributed by atoms with Gasteiger partial charge in [-0.05, 0) is 37.8 Å². The molecule has 1 unspecified atom stereocenters. The molecule has 1 amide bonds. The minimum atomic E-state index is -0.815. The average molecular weight is 462 g/mol. The molecule has 0 fully saturated rings. The summed E-state index contributed by atoms with van der Waals surface area (Å²) < 4.78 is 9.83. The Hall–Kier alpha value is -2.87. The molecule has 0 saturated heterocycles. The maximum Gasteiger partial charge on any atom is 0.410 e. The molecule has 2 rings (SSSR count). The normalized spacial score (nSPS) is 13.1. The first-order chi connectivity index (χ1) is 15.3. The number of allylic oxidation sites excluding steroid dienone is 1. The number of thiophene rings is 1. The number of hydrogen-bond acceptors (Lipinski definition) is 7. The van der Waals surface area contributed by atoms with E-state index in [4.69, 9.17) is 4.42 Å². The van der Waals surface area contributed by atoms with Gasteiger partial charge in [0.05, 0.1) is 7.11 Å². The fourth-order valence-corrected chi connectivity index (χ4v) is 4.53. The van der Waals surface area contributed by atoms with Crippen molar-refractivity contribution in [2.75, 3.05) is 7.11 Å². The Balaban J connectivity index is 2.03. The van der Waals surface area contributed by atoms with Gasteiger partial charge in [0, 0.05) is 33.9 Å². The molecular formula is C24H31NO6S. The quantitative estimate of drug-likeness (QED) is 0.447. The number of methoxy groups -OCH3 is 1. The monoisotopic (exact) mass is 461 g/mol. The Morgan fingerprint density at radius 2 is 2.00 bits per heavy atom. The minimum Gasteiger partial charge on any atom is -0.507 e. The van der Waals surface area contributed by atoms with Crippen LogP contribution in [0.25, 0.3) is 0 Å². The molecule has 0 radical (unpaired) electrons. The predicted molar refractivity (Wildman–Crippen MR) is 124 cm³/mol. The SMILES string of the molecule is CCCc1ccc(C[C@H](C)C(=O)c2c(O)cc(C(C)CC/C=C/NC(=O)OC)oc2=O)s1. The molecule has 2 aromatic rings. The van der Waals surface area contributed by atoms with Gasteiger partial charge in [-0.1, -0.05) is 33.3 Å². The third-order valence-corrected chi connectivity index (χ3v) is 6.29. The zero-order valence-corrected chi connectivity index (χ0v) is 19.8. The summed E-state index contributed by atoms with van der Waals surface area (Å²) in [5, 5.41) is 12.9. The summed E-state index contributed by atoms with van der Waals surface area (Å²) in [4.78, 5) is 38.7. The van der Waals surface area contributed by atoms with E-state index in [-0.39, 0.29) is 17.2 Å². The van der Waals surface area contributed by atoms with Crippen molar-refractivity contribution in [3.63, 3.8) is 0 Å². The first kappa shape index (κ1) is 25.4. The molecule has 0 saturated carbocycles. The number of ketones is 1. The van der Waals surface area contributed by atoms with Crippen molar-refractivity contribution in [1.82, 2.24) is 5.32 Å². The molecule has 0 aliphatic heterocycles. The van der Waals surface area contributed by atoms with Gasteiger partial charge in [-0.25, -0.2) is 9.59 Å². The molecule has 0 aliphatic rings. The lowest BCUT2D eigenvalue weighted by atomic mass is 9.95. The number of aromatic hydroxyl groups is 1. The Kier molecular flexibility index (Phi) is 9.71. The van der Waals surface area contributed by atoms with Gasteiger partial charge in [-0.2, -0.15) is 0 Å². The molecule has 2 heterocycles. The second-order valence-corrected chi connectivity index (χ2v) is 9.05. The Morgan fingerprint density at radius 1 is 1.28 bits per heavy atom. The summed E-state index contributed by atoms with van der Waals surface area (Å²) in [5.74, 6) is -1.07. The maximum absolute atomic E-state index is 12.9. The van der Waals surface area contributed by atoms with E-state index in [2.05, 4.69) is 23.0 Å². The van der Waals surface area contributed by atoms with Crippen LogP contribution in [0.1, 0.15) is 71.8 Å².